The Morgan fingerprint density at radius 2 is 2.47 bits per heavy atom. The first-order chi connectivity index (χ1) is 7.81. The highest BCUT2D eigenvalue weighted by atomic mass is 35.5. The predicted molar refractivity (Wildman–Crippen MR) is 71.5 cm³/mol. The number of amides is 1. The number of methoxy groups -OCH3 is 1. The van der Waals surface area contributed by atoms with Crippen molar-refractivity contribution in [3.05, 3.63) is 16.3 Å². The van der Waals surface area contributed by atoms with Crippen LogP contribution in [0.1, 0.15) is 22.5 Å². The van der Waals surface area contributed by atoms with Crippen molar-refractivity contribution >= 4 is 29.7 Å². The molecule has 1 amide bonds. The van der Waals surface area contributed by atoms with Crippen LogP contribution in [0, 0.1) is 0 Å². The number of carbonyl (C=O) groups excluding carboxylic acids is 1. The highest BCUT2D eigenvalue weighted by Crippen LogP contribution is 2.24. The number of carbonyl (C=O) groups is 1. The summed E-state index contributed by atoms with van der Waals surface area (Å²) in [6.45, 7) is 1.91. The van der Waals surface area contributed by atoms with Crippen molar-refractivity contribution in [3.63, 3.8) is 0 Å². The third-order valence-corrected chi connectivity index (χ3v) is 3.58. The van der Waals surface area contributed by atoms with E-state index in [0.29, 0.717) is 10.6 Å². The van der Waals surface area contributed by atoms with Crippen LogP contribution in [0.2, 0.25) is 0 Å². The molecule has 17 heavy (non-hydrogen) atoms. The molecule has 1 aromatic heterocycles. The summed E-state index contributed by atoms with van der Waals surface area (Å²) in [4.78, 5) is 12.6. The van der Waals surface area contributed by atoms with E-state index >= 15 is 0 Å². The van der Waals surface area contributed by atoms with Gasteiger partial charge in [0.05, 0.1) is 7.11 Å². The second-order valence-corrected chi connectivity index (χ2v) is 4.75. The fraction of sp³-hybridized carbons (Fsp3) is 0.545. The van der Waals surface area contributed by atoms with Crippen LogP contribution in [-0.2, 0) is 0 Å². The molecule has 1 fully saturated rings. The number of nitrogens with one attached hydrogen (secondary N) is 2. The molecule has 4 nitrogen and oxygen atoms in total. The van der Waals surface area contributed by atoms with Gasteiger partial charge in [0.25, 0.3) is 5.91 Å². The van der Waals surface area contributed by atoms with E-state index in [0.717, 1.165) is 25.9 Å². The minimum Gasteiger partial charge on any atom is -0.495 e. The summed E-state index contributed by atoms with van der Waals surface area (Å²) >= 11 is 1.41. The third kappa shape index (κ3) is 3.59. The Balaban J connectivity index is 0.00000144. The standard InChI is InChI=1S/C11H16N2O2S.ClH/c1-15-9-4-6-16-10(9)11(14)13-8-3-2-5-12-7-8;/h4,6,8,12H,2-3,5,7H2,1H3,(H,13,14);1H. The zero-order valence-electron chi connectivity index (χ0n) is 9.69. The van der Waals surface area contributed by atoms with E-state index in [2.05, 4.69) is 10.6 Å². The Morgan fingerprint density at radius 3 is 3.12 bits per heavy atom. The summed E-state index contributed by atoms with van der Waals surface area (Å²) in [7, 11) is 1.58. The maximum absolute atomic E-state index is 11.9. The topological polar surface area (TPSA) is 50.4 Å². The minimum atomic E-state index is -0.0273. The second-order valence-electron chi connectivity index (χ2n) is 3.83. The summed E-state index contributed by atoms with van der Waals surface area (Å²) in [5, 5.41) is 8.16. The van der Waals surface area contributed by atoms with Gasteiger partial charge in [-0.15, -0.1) is 23.7 Å². The zero-order chi connectivity index (χ0) is 11.4. The maximum atomic E-state index is 11.9. The van der Waals surface area contributed by atoms with Crippen molar-refractivity contribution in [1.29, 1.82) is 0 Å². The molecule has 0 aromatic carbocycles. The number of rotatable bonds is 3. The number of thiophene rings is 1. The molecule has 0 bridgehead atoms. The van der Waals surface area contributed by atoms with Crippen LogP contribution in [0.25, 0.3) is 0 Å². The van der Waals surface area contributed by atoms with Gasteiger partial charge in [-0.1, -0.05) is 0 Å². The van der Waals surface area contributed by atoms with Crippen LogP contribution in [-0.4, -0.2) is 32.1 Å². The largest absolute Gasteiger partial charge is 0.495 e. The lowest BCUT2D eigenvalue weighted by Crippen LogP contribution is -2.45. The summed E-state index contributed by atoms with van der Waals surface area (Å²) in [6.07, 6.45) is 2.17. The quantitative estimate of drug-likeness (QED) is 0.883. The number of piperidine rings is 1. The van der Waals surface area contributed by atoms with Gasteiger partial charge in [-0.3, -0.25) is 4.79 Å². The molecule has 2 rings (SSSR count). The predicted octanol–water partition coefficient (Wildman–Crippen LogP) is 1.66. The van der Waals surface area contributed by atoms with E-state index in [9.17, 15) is 4.79 Å². The van der Waals surface area contributed by atoms with Gasteiger partial charge >= 0.3 is 0 Å². The number of ether oxygens (including phenoxy) is 1. The Bertz CT molecular complexity index is 364. The van der Waals surface area contributed by atoms with Gasteiger partial charge in [-0.2, -0.15) is 0 Å². The van der Waals surface area contributed by atoms with Crippen molar-refractivity contribution in [3.8, 4) is 5.75 Å². The van der Waals surface area contributed by atoms with Crippen molar-refractivity contribution in [2.45, 2.75) is 18.9 Å². The summed E-state index contributed by atoms with van der Waals surface area (Å²) in [5.41, 5.74) is 0. The molecule has 1 atom stereocenters. The number of hydrogen-bond acceptors (Lipinski definition) is 4. The molecular weight excluding hydrogens is 260 g/mol. The summed E-state index contributed by atoms with van der Waals surface area (Å²) < 4.78 is 5.13. The van der Waals surface area contributed by atoms with Gasteiger partial charge in [0.2, 0.25) is 0 Å². The van der Waals surface area contributed by atoms with E-state index < -0.39 is 0 Å². The van der Waals surface area contributed by atoms with Crippen LogP contribution < -0.4 is 15.4 Å². The van der Waals surface area contributed by atoms with E-state index in [-0.39, 0.29) is 24.4 Å². The fourth-order valence-electron chi connectivity index (χ4n) is 1.85. The lowest BCUT2D eigenvalue weighted by molar-refractivity contribution is 0.0932. The molecular formula is C11H17ClN2O2S. The molecule has 2 heterocycles. The number of hydrogen-bond donors (Lipinski definition) is 2. The smallest absolute Gasteiger partial charge is 0.265 e. The monoisotopic (exact) mass is 276 g/mol. The Morgan fingerprint density at radius 1 is 1.65 bits per heavy atom. The molecule has 0 spiro atoms. The SMILES string of the molecule is COc1ccsc1C(=O)NC1CCCNC1.Cl. The Kier molecular flexibility index (Phi) is 5.74. The summed E-state index contributed by atoms with van der Waals surface area (Å²) in [5.74, 6) is 0.631. The normalized spacial score (nSPS) is 19.2. The lowest BCUT2D eigenvalue weighted by Gasteiger charge is -2.23. The molecule has 1 aliphatic rings. The molecule has 0 radical (unpaired) electrons. The first-order valence-corrected chi connectivity index (χ1v) is 6.32. The van der Waals surface area contributed by atoms with Crippen molar-refractivity contribution in [1.82, 2.24) is 10.6 Å². The van der Waals surface area contributed by atoms with Crippen LogP contribution in [0.5, 0.6) is 5.75 Å². The Labute approximate surface area is 111 Å². The minimum absolute atomic E-state index is 0. The highest BCUT2D eigenvalue weighted by Gasteiger charge is 2.19. The van der Waals surface area contributed by atoms with Crippen molar-refractivity contribution in [2.24, 2.45) is 0 Å². The van der Waals surface area contributed by atoms with Crippen LogP contribution >= 0.6 is 23.7 Å². The fourth-order valence-corrected chi connectivity index (χ4v) is 2.61. The first-order valence-electron chi connectivity index (χ1n) is 5.44. The van der Waals surface area contributed by atoms with E-state index in [1.165, 1.54) is 11.3 Å². The average molecular weight is 277 g/mol. The molecule has 6 heteroatoms. The van der Waals surface area contributed by atoms with Crippen LogP contribution in [0.3, 0.4) is 0 Å². The molecule has 1 unspecified atom stereocenters. The first kappa shape index (κ1) is 14.3. The van der Waals surface area contributed by atoms with E-state index in [1.807, 2.05) is 11.4 Å². The maximum Gasteiger partial charge on any atom is 0.265 e. The van der Waals surface area contributed by atoms with Gasteiger partial charge < -0.3 is 15.4 Å². The van der Waals surface area contributed by atoms with Gasteiger partial charge in [0, 0.05) is 12.6 Å². The van der Waals surface area contributed by atoms with E-state index in [4.69, 9.17) is 4.74 Å². The van der Waals surface area contributed by atoms with Gasteiger partial charge in [-0.05, 0) is 30.8 Å². The molecule has 96 valence electrons. The molecule has 1 aliphatic heterocycles. The molecule has 0 aliphatic carbocycles. The van der Waals surface area contributed by atoms with Crippen LogP contribution in [0.4, 0.5) is 0 Å². The number of halogens is 1. The summed E-state index contributed by atoms with van der Waals surface area (Å²) in [6, 6.07) is 2.06. The molecule has 0 saturated carbocycles. The average Bonchev–Trinajstić information content (AvgIpc) is 2.78. The zero-order valence-corrected chi connectivity index (χ0v) is 11.3. The third-order valence-electron chi connectivity index (χ3n) is 2.69. The highest BCUT2D eigenvalue weighted by molar-refractivity contribution is 7.12. The molecule has 1 saturated heterocycles. The molecule has 2 N–H and O–H groups in total. The van der Waals surface area contributed by atoms with Crippen molar-refractivity contribution in [2.75, 3.05) is 20.2 Å². The molecule has 1 aromatic rings. The van der Waals surface area contributed by atoms with Gasteiger partial charge in [0.1, 0.15) is 10.6 Å². The van der Waals surface area contributed by atoms with Crippen LogP contribution in [0.15, 0.2) is 11.4 Å². The van der Waals surface area contributed by atoms with Crippen molar-refractivity contribution < 1.29 is 9.53 Å². The Hall–Kier alpha value is -0.780. The van der Waals surface area contributed by atoms with Gasteiger partial charge in [0.15, 0.2) is 0 Å². The lowest BCUT2D eigenvalue weighted by atomic mass is 10.1. The second kappa shape index (κ2) is 6.83. The van der Waals surface area contributed by atoms with Gasteiger partial charge in [-0.25, -0.2) is 0 Å². The van der Waals surface area contributed by atoms with E-state index in [1.54, 1.807) is 7.11 Å².